The SMILES string of the molecule is COc1ccc(-n2ccoc2=O)cc1. The van der Waals surface area contributed by atoms with E-state index in [0.29, 0.717) is 0 Å². The van der Waals surface area contributed by atoms with E-state index in [1.807, 2.05) is 0 Å². The van der Waals surface area contributed by atoms with Crippen molar-refractivity contribution in [2.45, 2.75) is 0 Å². The molecule has 0 unspecified atom stereocenters. The summed E-state index contributed by atoms with van der Waals surface area (Å²) in [6.45, 7) is 0. The van der Waals surface area contributed by atoms with Crippen LogP contribution in [0.4, 0.5) is 0 Å². The van der Waals surface area contributed by atoms with E-state index in [1.54, 1.807) is 37.6 Å². The minimum Gasteiger partial charge on any atom is -0.497 e. The van der Waals surface area contributed by atoms with E-state index in [9.17, 15) is 4.79 Å². The summed E-state index contributed by atoms with van der Waals surface area (Å²) in [6.07, 6.45) is 2.93. The molecule has 0 aliphatic carbocycles. The zero-order chi connectivity index (χ0) is 9.97. The van der Waals surface area contributed by atoms with Gasteiger partial charge in [-0.2, -0.15) is 0 Å². The second-order valence-corrected chi connectivity index (χ2v) is 2.74. The van der Waals surface area contributed by atoms with Gasteiger partial charge in [0.15, 0.2) is 0 Å². The Morgan fingerprint density at radius 3 is 2.50 bits per heavy atom. The van der Waals surface area contributed by atoms with E-state index in [4.69, 9.17) is 4.74 Å². The highest BCUT2D eigenvalue weighted by Gasteiger charge is 2.00. The van der Waals surface area contributed by atoms with Gasteiger partial charge < -0.3 is 9.15 Å². The fourth-order valence-corrected chi connectivity index (χ4v) is 1.20. The number of hydrogen-bond donors (Lipinski definition) is 0. The molecule has 0 fully saturated rings. The van der Waals surface area contributed by atoms with Crippen molar-refractivity contribution in [1.29, 1.82) is 0 Å². The molecule has 0 spiro atoms. The van der Waals surface area contributed by atoms with Crippen molar-refractivity contribution in [2.75, 3.05) is 7.11 Å². The van der Waals surface area contributed by atoms with Crippen molar-refractivity contribution < 1.29 is 9.15 Å². The van der Waals surface area contributed by atoms with Crippen molar-refractivity contribution in [3.8, 4) is 11.4 Å². The van der Waals surface area contributed by atoms with Gasteiger partial charge in [-0.25, -0.2) is 9.36 Å². The molecule has 0 radical (unpaired) electrons. The molecule has 2 aromatic rings. The summed E-state index contributed by atoms with van der Waals surface area (Å²) in [4.78, 5) is 11.1. The smallest absolute Gasteiger partial charge is 0.423 e. The van der Waals surface area contributed by atoms with Crippen molar-refractivity contribution in [3.63, 3.8) is 0 Å². The molecule has 1 aromatic carbocycles. The molecule has 4 nitrogen and oxygen atoms in total. The molecule has 0 saturated heterocycles. The van der Waals surface area contributed by atoms with Gasteiger partial charge in [0.2, 0.25) is 0 Å². The summed E-state index contributed by atoms with van der Waals surface area (Å²) in [5.41, 5.74) is 0.754. The van der Waals surface area contributed by atoms with Crippen LogP contribution in [0.3, 0.4) is 0 Å². The minimum absolute atomic E-state index is 0.393. The standard InChI is InChI=1S/C10H9NO3/c1-13-9-4-2-8(3-5-9)11-6-7-14-10(11)12/h2-7H,1H3. The summed E-state index contributed by atoms with van der Waals surface area (Å²) in [5, 5.41) is 0. The van der Waals surface area contributed by atoms with Crippen LogP contribution in [0.25, 0.3) is 5.69 Å². The second kappa shape index (κ2) is 3.41. The largest absolute Gasteiger partial charge is 0.497 e. The first-order chi connectivity index (χ1) is 6.81. The van der Waals surface area contributed by atoms with Crippen LogP contribution in [0.1, 0.15) is 0 Å². The molecule has 4 heteroatoms. The van der Waals surface area contributed by atoms with Gasteiger partial charge in [-0.05, 0) is 24.3 Å². The molecule has 0 aliphatic heterocycles. The topological polar surface area (TPSA) is 44.4 Å². The van der Waals surface area contributed by atoms with Gasteiger partial charge in [-0.1, -0.05) is 0 Å². The number of benzene rings is 1. The summed E-state index contributed by atoms with van der Waals surface area (Å²) in [5.74, 6) is 0.362. The zero-order valence-electron chi connectivity index (χ0n) is 7.64. The predicted molar refractivity (Wildman–Crippen MR) is 50.9 cm³/mol. The molecule has 72 valence electrons. The number of ether oxygens (including phenoxy) is 1. The number of methoxy groups -OCH3 is 1. The average Bonchev–Trinajstić information content (AvgIpc) is 2.65. The average molecular weight is 191 g/mol. The maximum atomic E-state index is 11.1. The lowest BCUT2D eigenvalue weighted by atomic mass is 10.3. The maximum absolute atomic E-state index is 11.1. The Balaban J connectivity index is 2.44. The lowest BCUT2D eigenvalue weighted by Crippen LogP contribution is -2.10. The molecule has 1 aromatic heterocycles. The predicted octanol–water partition coefficient (Wildman–Crippen LogP) is 1.44. The first kappa shape index (κ1) is 8.62. The Bertz CT molecular complexity index is 467. The third-order valence-electron chi connectivity index (χ3n) is 1.93. The van der Waals surface area contributed by atoms with E-state index in [0.717, 1.165) is 11.4 Å². The molecule has 0 atom stereocenters. The third kappa shape index (κ3) is 1.42. The quantitative estimate of drug-likeness (QED) is 0.721. The molecule has 0 bridgehead atoms. The zero-order valence-corrected chi connectivity index (χ0v) is 7.64. The molecule has 0 N–H and O–H groups in total. The van der Waals surface area contributed by atoms with E-state index in [1.165, 1.54) is 10.8 Å². The van der Waals surface area contributed by atoms with E-state index in [-0.39, 0.29) is 0 Å². The van der Waals surface area contributed by atoms with Crippen LogP contribution in [0.15, 0.2) is 45.9 Å². The first-order valence-corrected chi connectivity index (χ1v) is 4.12. The second-order valence-electron chi connectivity index (χ2n) is 2.74. The molecule has 0 amide bonds. The Hall–Kier alpha value is -1.97. The molecule has 0 aliphatic rings. The van der Waals surface area contributed by atoms with Crippen LogP contribution in [0, 0.1) is 0 Å². The Kier molecular flexibility index (Phi) is 2.10. The number of nitrogens with zero attached hydrogens (tertiary/aromatic N) is 1. The highest BCUT2D eigenvalue weighted by atomic mass is 16.5. The van der Waals surface area contributed by atoms with Gasteiger partial charge in [0.1, 0.15) is 12.0 Å². The Morgan fingerprint density at radius 2 is 2.00 bits per heavy atom. The monoisotopic (exact) mass is 191 g/mol. The molecule has 0 saturated carbocycles. The van der Waals surface area contributed by atoms with Crippen molar-refractivity contribution in [3.05, 3.63) is 47.3 Å². The number of hydrogen-bond acceptors (Lipinski definition) is 3. The van der Waals surface area contributed by atoms with Crippen LogP contribution in [-0.4, -0.2) is 11.7 Å². The highest BCUT2D eigenvalue weighted by Crippen LogP contribution is 2.13. The lowest BCUT2D eigenvalue weighted by Gasteiger charge is -2.01. The van der Waals surface area contributed by atoms with Gasteiger partial charge in [0.25, 0.3) is 0 Å². The van der Waals surface area contributed by atoms with E-state index < -0.39 is 5.76 Å². The van der Waals surface area contributed by atoms with Gasteiger partial charge in [0.05, 0.1) is 19.0 Å². The molecular weight excluding hydrogens is 182 g/mol. The molecule has 2 rings (SSSR count). The van der Waals surface area contributed by atoms with Gasteiger partial charge in [-0.15, -0.1) is 0 Å². The molecular formula is C10H9NO3. The summed E-state index contributed by atoms with van der Waals surface area (Å²) < 4.78 is 11.1. The van der Waals surface area contributed by atoms with Gasteiger partial charge in [0, 0.05) is 0 Å². The highest BCUT2D eigenvalue weighted by molar-refractivity contribution is 5.36. The molecule has 1 heterocycles. The van der Waals surface area contributed by atoms with Crippen LogP contribution in [0.2, 0.25) is 0 Å². The first-order valence-electron chi connectivity index (χ1n) is 4.12. The third-order valence-corrected chi connectivity index (χ3v) is 1.93. The minimum atomic E-state index is -0.393. The molecule has 14 heavy (non-hydrogen) atoms. The summed E-state index contributed by atoms with van der Waals surface area (Å²) in [6, 6.07) is 7.15. The maximum Gasteiger partial charge on any atom is 0.423 e. The van der Waals surface area contributed by atoms with Crippen LogP contribution < -0.4 is 10.5 Å². The van der Waals surface area contributed by atoms with Crippen LogP contribution >= 0.6 is 0 Å². The van der Waals surface area contributed by atoms with Crippen molar-refractivity contribution in [2.24, 2.45) is 0 Å². The van der Waals surface area contributed by atoms with Crippen molar-refractivity contribution in [1.82, 2.24) is 4.57 Å². The lowest BCUT2D eigenvalue weighted by molar-refractivity contribution is 0.414. The number of rotatable bonds is 2. The van der Waals surface area contributed by atoms with Crippen LogP contribution in [-0.2, 0) is 0 Å². The van der Waals surface area contributed by atoms with Gasteiger partial charge >= 0.3 is 5.76 Å². The summed E-state index contributed by atoms with van der Waals surface area (Å²) >= 11 is 0. The number of oxazole rings is 1. The van der Waals surface area contributed by atoms with Gasteiger partial charge in [-0.3, -0.25) is 0 Å². The van der Waals surface area contributed by atoms with E-state index in [2.05, 4.69) is 4.42 Å². The fraction of sp³-hybridized carbons (Fsp3) is 0.100. The number of aromatic nitrogens is 1. The summed E-state index contributed by atoms with van der Waals surface area (Å²) in [7, 11) is 1.60. The van der Waals surface area contributed by atoms with E-state index >= 15 is 0 Å². The van der Waals surface area contributed by atoms with Crippen molar-refractivity contribution >= 4 is 0 Å². The Morgan fingerprint density at radius 1 is 1.29 bits per heavy atom. The fourth-order valence-electron chi connectivity index (χ4n) is 1.20. The Labute approximate surface area is 80.4 Å². The van der Waals surface area contributed by atoms with Crippen LogP contribution in [0.5, 0.6) is 5.75 Å². The normalized spacial score (nSPS) is 10.1.